The van der Waals surface area contributed by atoms with E-state index in [2.05, 4.69) is 5.32 Å². The Balaban J connectivity index is 1.82. The van der Waals surface area contributed by atoms with Crippen molar-refractivity contribution in [2.24, 2.45) is 0 Å². The third-order valence-corrected chi connectivity index (χ3v) is 4.12. The minimum atomic E-state index is -4.53. The van der Waals surface area contributed by atoms with Gasteiger partial charge in [-0.2, -0.15) is 13.2 Å². The van der Waals surface area contributed by atoms with E-state index in [1.165, 1.54) is 17.0 Å². The lowest BCUT2D eigenvalue weighted by Crippen LogP contribution is -2.39. The maximum absolute atomic E-state index is 12.9. The molecular weight excluding hydrogens is 305 g/mol. The van der Waals surface area contributed by atoms with Crippen molar-refractivity contribution in [3.63, 3.8) is 0 Å². The van der Waals surface area contributed by atoms with E-state index in [4.69, 9.17) is 11.6 Å². The van der Waals surface area contributed by atoms with Crippen LogP contribution in [-0.2, 0) is 11.0 Å². The quantitative estimate of drug-likeness (QED) is 0.928. The van der Waals surface area contributed by atoms with Crippen molar-refractivity contribution in [1.82, 2.24) is 5.32 Å². The summed E-state index contributed by atoms with van der Waals surface area (Å²) in [5, 5.41) is 2.86. The van der Waals surface area contributed by atoms with E-state index in [-0.39, 0.29) is 22.7 Å². The number of rotatable bonds is 3. The lowest BCUT2D eigenvalue weighted by Gasteiger charge is -2.19. The summed E-state index contributed by atoms with van der Waals surface area (Å²) in [5.41, 5.74) is -0.662. The molecule has 1 saturated heterocycles. The molecule has 1 saturated carbocycles. The summed E-state index contributed by atoms with van der Waals surface area (Å²) in [7, 11) is 0. The number of anilines is 1. The first kappa shape index (κ1) is 14.7. The molecule has 1 aromatic carbocycles. The van der Waals surface area contributed by atoms with Gasteiger partial charge in [0.05, 0.1) is 16.6 Å². The Morgan fingerprint density at radius 3 is 2.57 bits per heavy atom. The molecule has 1 aromatic rings. The fourth-order valence-corrected chi connectivity index (χ4v) is 2.75. The van der Waals surface area contributed by atoms with Crippen molar-refractivity contribution in [1.29, 1.82) is 0 Å². The van der Waals surface area contributed by atoms with Gasteiger partial charge in [0, 0.05) is 18.3 Å². The Labute approximate surface area is 125 Å². The van der Waals surface area contributed by atoms with Crippen molar-refractivity contribution in [3.8, 4) is 0 Å². The number of halogens is 4. The van der Waals surface area contributed by atoms with Gasteiger partial charge in [-0.25, -0.2) is 0 Å². The molecule has 1 atom stereocenters. The van der Waals surface area contributed by atoms with E-state index < -0.39 is 11.7 Å². The highest BCUT2D eigenvalue weighted by Crippen LogP contribution is 2.37. The standard InChI is InChI=1S/C14H14ClF3N2O/c15-11-4-3-9(7-10(11)14(16,17)18)20-6-5-12(13(20)21)19-8-1-2-8/h3-4,7-8,12,19H,1-2,5-6H2. The Kier molecular flexibility index (Phi) is 3.61. The SMILES string of the molecule is O=C1C(NC2CC2)CCN1c1ccc(Cl)c(C(F)(F)F)c1. The largest absolute Gasteiger partial charge is 0.417 e. The van der Waals surface area contributed by atoms with Gasteiger partial charge >= 0.3 is 6.18 Å². The lowest BCUT2D eigenvalue weighted by molar-refractivity contribution is -0.137. The maximum atomic E-state index is 12.9. The molecule has 1 amide bonds. The van der Waals surface area contributed by atoms with Crippen LogP contribution in [0.1, 0.15) is 24.8 Å². The highest BCUT2D eigenvalue weighted by Gasteiger charge is 2.38. The molecule has 1 heterocycles. The molecule has 3 nitrogen and oxygen atoms in total. The Morgan fingerprint density at radius 2 is 1.95 bits per heavy atom. The number of hydrogen-bond donors (Lipinski definition) is 1. The van der Waals surface area contributed by atoms with Crippen LogP contribution in [0, 0.1) is 0 Å². The van der Waals surface area contributed by atoms with Crippen molar-refractivity contribution in [2.45, 2.75) is 37.5 Å². The van der Waals surface area contributed by atoms with Crippen molar-refractivity contribution < 1.29 is 18.0 Å². The second-order valence-electron chi connectivity index (χ2n) is 5.43. The van der Waals surface area contributed by atoms with Crippen LogP contribution < -0.4 is 10.2 Å². The summed E-state index contributed by atoms with van der Waals surface area (Å²) in [6, 6.07) is 3.68. The molecule has 2 fully saturated rings. The van der Waals surface area contributed by atoms with Gasteiger partial charge in [0.1, 0.15) is 0 Å². The number of alkyl halides is 3. The van der Waals surface area contributed by atoms with Gasteiger partial charge in [0.2, 0.25) is 5.91 Å². The molecule has 0 bridgehead atoms. The van der Waals surface area contributed by atoms with E-state index >= 15 is 0 Å². The van der Waals surface area contributed by atoms with Crippen LogP contribution in [0.15, 0.2) is 18.2 Å². The maximum Gasteiger partial charge on any atom is 0.417 e. The van der Waals surface area contributed by atoms with Gasteiger partial charge in [0.25, 0.3) is 0 Å². The molecule has 21 heavy (non-hydrogen) atoms. The lowest BCUT2D eigenvalue weighted by atomic mass is 10.2. The van der Waals surface area contributed by atoms with E-state index in [1.54, 1.807) is 0 Å². The van der Waals surface area contributed by atoms with Crippen LogP contribution in [-0.4, -0.2) is 24.5 Å². The molecule has 0 spiro atoms. The summed E-state index contributed by atoms with van der Waals surface area (Å²) < 4.78 is 38.6. The highest BCUT2D eigenvalue weighted by atomic mass is 35.5. The predicted molar refractivity (Wildman–Crippen MR) is 73.4 cm³/mol. The number of carbonyl (C=O) groups excluding carboxylic acids is 1. The van der Waals surface area contributed by atoms with Crippen LogP contribution in [0.4, 0.5) is 18.9 Å². The predicted octanol–water partition coefficient (Wildman–Crippen LogP) is 3.22. The number of amides is 1. The number of carbonyl (C=O) groups is 1. The zero-order chi connectivity index (χ0) is 15.2. The minimum Gasteiger partial charge on any atom is -0.311 e. The number of nitrogens with zero attached hydrogens (tertiary/aromatic N) is 1. The summed E-state index contributed by atoms with van der Waals surface area (Å²) >= 11 is 5.59. The van der Waals surface area contributed by atoms with Crippen LogP contribution in [0.5, 0.6) is 0 Å². The Bertz CT molecular complexity index is 572. The Hall–Kier alpha value is -1.27. The van der Waals surface area contributed by atoms with Crippen LogP contribution in [0.3, 0.4) is 0 Å². The van der Waals surface area contributed by atoms with Crippen molar-refractivity contribution in [3.05, 3.63) is 28.8 Å². The number of benzene rings is 1. The van der Waals surface area contributed by atoms with Gasteiger partial charge in [-0.1, -0.05) is 11.6 Å². The number of hydrogen-bond acceptors (Lipinski definition) is 2. The monoisotopic (exact) mass is 318 g/mol. The van der Waals surface area contributed by atoms with E-state index in [9.17, 15) is 18.0 Å². The summed E-state index contributed by atoms with van der Waals surface area (Å²) in [4.78, 5) is 13.7. The fourth-order valence-electron chi connectivity index (χ4n) is 2.52. The summed E-state index contributed by atoms with van der Waals surface area (Å²) in [6.45, 7) is 0.419. The molecular formula is C14H14ClF3N2O. The van der Waals surface area contributed by atoms with Gasteiger partial charge in [0.15, 0.2) is 0 Å². The molecule has 1 aliphatic carbocycles. The first-order valence-electron chi connectivity index (χ1n) is 6.80. The zero-order valence-electron chi connectivity index (χ0n) is 11.1. The molecule has 1 unspecified atom stereocenters. The Morgan fingerprint density at radius 1 is 1.24 bits per heavy atom. The topological polar surface area (TPSA) is 32.3 Å². The normalized spacial score (nSPS) is 23.0. The molecule has 1 aliphatic heterocycles. The third kappa shape index (κ3) is 3.01. The molecule has 114 valence electrons. The second kappa shape index (κ2) is 5.18. The highest BCUT2D eigenvalue weighted by molar-refractivity contribution is 6.31. The van der Waals surface area contributed by atoms with Gasteiger partial charge in [-0.05, 0) is 37.5 Å². The fraction of sp³-hybridized carbons (Fsp3) is 0.500. The molecule has 0 aromatic heterocycles. The minimum absolute atomic E-state index is 0.169. The number of nitrogens with one attached hydrogen (secondary N) is 1. The van der Waals surface area contributed by atoms with Crippen LogP contribution in [0.25, 0.3) is 0 Å². The first-order chi connectivity index (χ1) is 9.86. The molecule has 3 rings (SSSR count). The van der Waals surface area contributed by atoms with Gasteiger partial charge in [-0.15, -0.1) is 0 Å². The first-order valence-corrected chi connectivity index (χ1v) is 7.18. The smallest absolute Gasteiger partial charge is 0.311 e. The van der Waals surface area contributed by atoms with Crippen LogP contribution in [0.2, 0.25) is 5.02 Å². The van der Waals surface area contributed by atoms with Crippen LogP contribution >= 0.6 is 11.6 Å². The molecule has 0 radical (unpaired) electrons. The molecule has 1 N–H and O–H groups in total. The summed E-state index contributed by atoms with van der Waals surface area (Å²) in [6.07, 6.45) is -1.80. The van der Waals surface area contributed by atoms with E-state index in [0.29, 0.717) is 19.0 Å². The third-order valence-electron chi connectivity index (χ3n) is 3.79. The second-order valence-corrected chi connectivity index (χ2v) is 5.84. The van der Waals surface area contributed by atoms with Gasteiger partial charge in [-0.3, -0.25) is 4.79 Å². The zero-order valence-corrected chi connectivity index (χ0v) is 11.8. The molecule has 7 heteroatoms. The van der Waals surface area contributed by atoms with E-state index in [1.807, 2.05) is 0 Å². The van der Waals surface area contributed by atoms with Crippen molar-refractivity contribution in [2.75, 3.05) is 11.4 Å². The average molecular weight is 319 g/mol. The van der Waals surface area contributed by atoms with Gasteiger partial charge < -0.3 is 10.2 Å². The summed E-state index contributed by atoms with van der Waals surface area (Å²) in [5.74, 6) is -0.169. The van der Waals surface area contributed by atoms with Crippen molar-refractivity contribution >= 4 is 23.2 Å². The molecule has 2 aliphatic rings. The van der Waals surface area contributed by atoms with E-state index in [0.717, 1.165) is 18.9 Å². The average Bonchev–Trinajstić information content (AvgIpc) is 3.14.